The van der Waals surface area contributed by atoms with Crippen LogP contribution in [-0.2, 0) is 6.42 Å². The molecule has 1 unspecified atom stereocenters. The van der Waals surface area contributed by atoms with E-state index in [0.29, 0.717) is 6.04 Å². The number of rotatable bonds is 6. The fourth-order valence-electron chi connectivity index (χ4n) is 2.76. The Balaban J connectivity index is 1.54. The second kappa shape index (κ2) is 5.29. The van der Waals surface area contributed by atoms with E-state index in [0.717, 1.165) is 25.9 Å². The molecule has 0 saturated heterocycles. The molecular weight excluding hydrogens is 224 g/mol. The molecule has 0 radical (unpaired) electrons. The summed E-state index contributed by atoms with van der Waals surface area (Å²) in [5, 5.41) is 12.9. The molecule has 2 aliphatic rings. The van der Waals surface area contributed by atoms with Crippen molar-refractivity contribution in [1.82, 2.24) is 5.32 Å². The van der Waals surface area contributed by atoms with Gasteiger partial charge in [-0.2, -0.15) is 0 Å². The fourth-order valence-corrected chi connectivity index (χ4v) is 2.76. The van der Waals surface area contributed by atoms with E-state index in [1.165, 1.54) is 24.1 Å². The maximum Gasteiger partial charge on any atom is 0.0585 e. The zero-order valence-corrected chi connectivity index (χ0v) is 10.8. The molecule has 1 heterocycles. The van der Waals surface area contributed by atoms with Crippen LogP contribution in [0.25, 0.3) is 0 Å². The molecule has 18 heavy (non-hydrogen) atoms. The van der Waals surface area contributed by atoms with Crippen LogP contribution in [0.3, 0.4) is 0 Å². The number of nitrogens with one attached hydrogen (secondary N) is 1. The van der Waals surface area contributed by atoms with Gasteiger partial charge in [-0.1, -0.05) is 18.2 Å². The highest BCUT2D eigenvalue weighted by Gasteiger charge is 2.25. The van der Waals surface area contributed by atoms with E-state index < -0.39 is 0 Å². The van der Waals surface area contributed by atoms with E-state index in [1.807, 2.05) is 0 Å². The Bertz CT molecular complexity index is 403. The summed E-state index contributed by atoms with van der Waals surface area (Å²) in [6, 6.07) is 9.61. The lowest BCUT2D eigenvalue weighted by molar-refractivity contribution is 0.235. The van der Waals surface area contributed by atoms with Gasteiger partial charge in [0.15, 0.2) is 0 Å². The van der Waals surface area contributed by atoms with Gasteiger partial charge in [0, 0.05) is 30.9 Å². The van der Waals surface area contributed by atoms with Crippen molar-refractivity contribution in [1.29, 1.82) is 0 Å². The average molecular weight is 246 g/mol. The normalized spacial score (nSPS) is 19.9. The smallest absolute Gasteiger partial charge is 0.0585 e. The summed E-state index contributed by atoms with van der Waals surface area (Å²) >= 11 is 0. The summed E-state index contributed by atoms with van der Waals surface area (Å²) in [4.78, 5) is 2.45. The minimum atomic E-state index is 0.256. The van der Waals surface area contributed by atoms with Crippen LogP contribution in [-0.4, -0.2) is 36.9 Å². The number of anilines is 1. The molecule has 0 spiro atoms. The van der Waals surface area contributed by atoms with Crippen molar-refractivity contribution in [2.45, 2.75) is 37.8 Å². The van der Waals surface area contributed by atoms with Gasteiger partial charge in [-0.15, -0.1) is 0 Å². The van der Waals surface area contributed by atoms with Crippen molar-refractivity contribution >= 4 is 5.69 Å². The average Bonchev–Trinajstić information content (AvgIpc) is 3.13. The van der Waals surface area contributed by atoms with Gasteiger partial charge in [0.05, 0.1) is 6.61 Å². The molecule has 3 nitrogen and oxygen atoms in total. The lowest BCUT2D eigenvalue weighted by Gasteiger charge is -2.23. The third-order valence-electron chi connectivity index (χ3n) is 4.00. The first-order valence-electron chi connectivity index (χ1n) is 7.06. The number of aliphatic hydroxyl groups is 1. The fraction of sp³-hybridized carbons (Fsp3) is 0.600. The maximum atomic E-state index is 9.39. The highest BCUT2D eigenvalue weighted by Crippen LogP contribution is 2.27. The molecule has 1 fully saturated rings. The Hall–Kier alpha value is -1.06. The first-order chi connectivity index (χ1) is 8.86. The Morgan fingerprint density at radius 1 is 1.33 bits per heavy atom. The van der Waals surface area contributed by atoms with Crippen molar-refractivity contribution in [2.24, 2.45) is 0 Å². The standard InChI is InChI=1S/C15H22N2O/c18-11-14(16-13-5-6-13)8-10-17-9-7-12-3-1-2-4-15(12)17/h1-4,13-14,16,18H,5-11H2. The van der Waals surface area contributed by atoms with Gasteiger partial charge in [0.25, 0.3) is 0 Å². The first-order valence-corrected chi connectivity index (χ1v) is 7.06. The molecule has 1 aliphatic carbocycles. The highest BCUT2D eigenvalue weighted by molar-refractivity contribution is 5.57. The molecule has 1 saturated carbocycles. The summed E-state index contributed by atoms with van der Waals surface area (Å²) < 4.78 is 0. The van der Waals surface area contributed by atoms with Gasteiger partial charge in [-0.25, -0.2) is 0 Å². The molecule has 0 bridgehead atoms. The van der Waals surface area contributed by atoms with E-state index in [4.69, 9.17) is 0 Å². The van der Waals surface area contributed by atoms with Gasteiger partial charge in [-0.3, -0.25) is 0 Å². The molecule has 2 N–H and O–H groups in total. The number of aliphatic hydroxyl groups excluding tert-OH is 1. The van der Waals surface area contributed by atoms with Crippen molar-refractivity contribution in [3.05, 3.63) is 29.8 Å². The number of nitrogens with zero attached hydrogens (tertiary/aromatic N) is 1. The van der Waals surface area contributed by atoms with Crippen molar-refractivity contribution in [2.75, 3.05) is 24.6 Å². The number of para-hydroxylation sites is 1. The predicted molar refractivity (Wildman–Crippen MR) is 74.0 cm³/mol. The van der Waals surface area contributed by atoms with Crippen LogP contribution >= 0.6 is 0 Å². The highest BCUT2D eigenvalue weighted by atomic mass is 16.3. The van der Waals surface area contributed by atoms with Crippen LogP contribution in [0.15, 0.2) is 24.3 Å². The number of benzene rings is 1. The Labute approximate surface area is 109 Å². The first kappa shape index (κ1) is 12.0. The van der Waals surface area contributed by atoms with E-state index in [-0.39, 0.29) is 12.6 Å². The lowest BCUT2D eigenvalue weighted by Crippen LogP contribution is -2.37. The van der Waals surface area contributed by atoms with Gasteiger partial charge < -0.3 is 15.3 Å². The van der Waals surface area contributed by atoms with Gasteiger partial charge in [0.1, 0.15) is 0 Å². The Morgan fingerprint density at radius 2 is 2.17 bits per heavy atom. The Morgan fingerprint density at radius 3 is 2.94 bits per heavy atom. The van der Waals surface area contributed by atoms with Crippen LogP contribution in [0.2, 0.25) is 0 Å². The minimum absolute atomic E-state index is 0.256. The number of fused-ring (bicyclic) bond motifs is 1. The minimum Gasteiger partial charge on any atom is -0.395 e. The van der Waals surface area contributed by atoms with E-state index in [1.54, 1.807) is 0 Å². The number of hydrogen-bond acceptors (Lipinski definition) is 3. The Kier molecular flexibility index (Phi) is 3.52. The molecule has 1 aromatic rings. The summed E-state index contributed by atoms with van der Waals surface area (Å²) in [6.45, 7) is 2.43. The quantitative estimate of drug-likeness (QED) is 0.799. The van der Waals surface area contributed by atoms with Crippen molar-refractivity contribution in [3.63, 3.8) is 0 Å². The third kappa shape index (κ3) is 2.68. The SMILES string of the molecule is OCC(CCN1CCc2ccccc21)NC1CC1. The molecule has 0 aromatic heterocycles. The zero-order valence-electron chi connectivity index (χ0n) is 10.8. The maximum absolute atomic E-state index is 9.39. The molecule has 1 atom stereocenters. The van der Waals surface area contributed by atoms with Crippen LogP contribution in [0, 0.1) is 0 Å². The molecular formula is C15H22N2O. The molecule has 98 valence electrons. The second-order valence-corrected chi connectivity index (χ2v) is 5.47. The molecule has 0 amide bonds. The topological polar surface area (TPSA) is 35.5 Å². The summed E-state index contributed by atoms with van der Waals surface area (Å²) in [7, 11) is 0. The summed E-state index contributed by atoms with van der Waals surface area (Å²) in [6.07, 6.45) is 4.75. The molecule has 1 aliphatic heterocycles. The van der Waals surface area contributed by atoms with Crippen molar-refractivity contribution in [3.8, 4) is 0 Å². The largest absolute Gasteiger partial charge is 0.395 e. The lowest BCUT2D eigenvalue weighted by atomic mass is 10.1. The van der Waals surface area contributed by atoms with Crippen LogP contribution < -0.4 is 10.2 Å². The van der Waals surface area contributed by atoms with Gasteiger partial charge in [-0.05, 0) is 37.3 Å². The zero-order chi connectivity index (χ0) is 12.4. The third-order valence-corrected chi connectivity index (χ3v) is 4.00. The number of hydrogen-bond donors (Lipinski definition) is 2. The molecule has 1 aromatic carbocycles. The van der Waals surface area contributed by atoms with Gasteiger partial charge in [0.2, 0.25) is 0 Å². The summed E-state index contributed by atoms with van der Waals surface area (Å²) in [5.41, 5.74) is 2.86. The molecule has 3 rings (SSSR count). The summed E-state index contributed by atoms with van der Waals surface area (Å²) in [5.74, 6) is 0. The molecule has 3 heteroatoms. The van der Waals surface area contributed by atoms with Crippen molar-refractivity contribution < 1.29 is 5.11 Å². The predicted octanol–water partition coefficient (Wildman–Crippen LogP) is 1.55. The van der Waals surface area contributed by atoms with E-state index in [9.17, 15) is 5.11 Å². The second-order valence-electron chi connectivity index (χ2n) is 5.47. The van der Waals surface area contributed by atoms with E-state index in [2.05, 4.69) is 34.5 Å². The van der Waals surface area contributed by atoms with Crippen LogP contribution in [0.4, 0.5) is 5.69 Å². The van der Waals surface area contributed by atoms with Crippen LogP contribution in [0.1, 0.15) is 24.8 Å². The van der Waals surface area contributed by atoms with Crippen LogP contribution in [0.5, 0.6) is 0 Å². The van der Waals surface area contributed by atoms with Gasteiger partial charge >= 0.3 is 0 Å². The van der Waals surface area contributed by atoms with E-state index >= 15 is 0 Å². The monoisotopic (exact) mass is 246 g/mol.